The molecule has 0 unspecified atom stereocenters. The van der Waals surface area contributed by atoms with Crippen LogP contribution in [0.15, 0.2) is 24.3 Å². The van der Waals surface area contributed by atoms with Gasteiger partial charge in [-0.25, -0.2) is 8.42 Å². The van der Waals surface area contributed by atoms with Gasteiger partial charge in [0, 0.05) is 32.2 Å². The lowest BCUT2D eigenvalue weighted by Crippen LogP contribution is -2.58. The predicted octanol–water partition coefficient (Wildman–Crippen LogP) is 1.06. The van der Waals surface area contributed by atoms with Gasteiger partial charge in [0.2, 0.25) is 27.7 Å². The van der Waals surface area contributed by atoms with Crippen molar-refractivity contribution in [2.75, 3.05) is 26.4 Å². The van der Waals surface area contributed by atoms with E-state index in [1.807, 2.05) is 24.3 Å². The van der Waals surface area contributed by atoms with Gasteiger partial charge in [0.05, 0.1) is 24.3 Å². The van der Waals surface area contributed by atoms with Gasteiger partial charge in [0.15, 0.2) is 0 Å². The van der Waals surface area contributed by atoms with Crippen molar-refractivity contribution in [3.8, 4) is 0 Å². The molecule has 4 aliphatic rings. The number of carbonyl (C=O) groups excluding carboxylic acids is 3. The minimum absolute atomic E-state index is 0.0213. The average Bonchev–Trinajstić information content (AvgIpc) is 3.64. The summed E-state index contributed by atoms with van der Waals surface area (Å²) in [5, 5.41) is 5.97. The van der Waals surface area contributed by atoms with E-state index >= 15 is 0 Å². The molecule has 5 atom stereocenters. The third kappa shape index (κ3) is 5.45. The molecule has 0 radical (unpaired) electrons. The number of hydrogen-bond acceptors (Lipinski definition) is 6. The van der Waals surface area contributed by atoms with Gasteiger partial charge in [-0.3, -0.25) is 14.4 Å². The minimum atomic E-state index is -3.58. The number of likely N-dealkylation sites (tertiary alicyclic amines) is 1. The van der Waals surface area contributed by atoms with E-state index in [1.165, 1.54) is 10.6 Å². The molecule has 1 aromatic rings. The van der Waals surface area contributed by atoms with Gasteiger partial charge in [0.1, 0.15) is 6.04 Å². The quantitative estimate of drug-likeness (QED) is 0.516. The van der Waals surface area contributed by atoms with Crippen LogP contribution in [0.1, 0.15) is 56.6 Å². The molecule has 0 spiro atoms. The van der Waals surface area contributed by atoms with Crippen LogP contribution in [0.5, 0.6) is 0 Å². The molecule has 39 heavy (non-hydrogen) atoms. The number of rotatable bonds is 7. The second-order valence-corrected chi connectivity index (χ2v) is 13.6. The molecule has 0 bridgehead atoms. The zero-order valence-electron chi connectivity index (χ0n) is 23.1. The Bertz CT molecular complexity index is 1190. The van der Waals surface area contributed by atoms with Crippen LogP contribution in [0.4, 0.5) is 0 Å². The molecule has 1 aliphatic carbocycles. The summed E-state index contributed by atoms with van der Waals surface area (Å²) in [6.45, 7) is 3.16. The standard InChI is InChI=1S/C28H41N5O5S/c1-18(29-2)26(34)30-24(19-9-5-4-6-10-19)28(36)32-14-13-23-25(32)22(17-33(23)39(3,37)38)27(35)31-15-20-11-7-8-12-21(20)16-31/h7-8,11-12,18-19,22-25,29H,4-6,9-10,13-17H2,1-3H3,(H,30,34)/t18-,22-,23+,24-,25+/m0/s1. The fourth-order valence-corrected chi connectivity index (χ4v) is 8.21. The summed E-state index contributed by atoms with van der Waals surface area (Å²) in [6, 6.07) is 5.80. The minimum Gasteiger partial charge on any atom is -0.343 e. The Morgan fingerprint density at radius 2 is 1.64 bits per heavy atom. The van der Waals surface area contributed by atoms with Crippen LogP contribution in [-0.2, 0) is 37.5 Å². The van der Waals surface area contributed by atoms with E-state index in [4.69, 9.17) is 0 Å². The van der Waals surface area contributed by atoms with Crippen molar-refractivity contribution >= 4 is 27.7 Å². The first kappa shape index (κ1) is 28.0. The van der Waals surface area contributed by atoms with Gasteiger partial charge < -0.3 is 20.4 Å². The van der Waals surface area contributed by atoms with Crippen molar-refractivity contribution in [1.82, 2.24) is 24.7 Å². The molecule has 5 rings (SSSR count). The molecule has 214 valence electrons. The lowest BCUT2D eigenvalue weighted by atomic mass is 9.83. The number of hydrogen-bond donors (Lipinski definition) is 2. The Balaban J connectivity index is 1.42. The lowest BCUT2D eigenvalue weighted by molar-refractivity contribution is -0.143. The summed E-state index contributed by atoms with van der Waals surface area (Å²) in [5.74, 6) is -1.17. The monoisotopic (exact) mass is 559 g/mol. The fraction of sp³-hybridized carbons (Fsp3) is 0.679. The SMILES string of the molecule is CN[C@@H](C)C(=O)N[C@H](C(=O)N1CC[C@@H]2[C@H]1[C@@H](C(=O)N1Cc3ccccc3C1)CN2S(C)(=O)=O)C1CCCCC1. The van der Waals surface area contributed by atoms with Gasteiger partial charge in [0.25, 0.3) is 0 Å². The van der Waals surface area contributed by atoms with Crippen molar-refractivity contribution in [1.29, 1.82) is 0 Å². The Kier molecular flexibility index (Phi) is 8.03. The van der Waals surface area contributed by atoms with Crippen LogP contribution in [0.3, 0.4) is 0 Å². The molecule has 10 nitrogen and oxygen atoms in total. The third-order valence-electron chi connectivity index (χ3n) is 9.27. The molecule has 3 fully saturated rings. The van der Waals surface area contributed by atoms with E-state index in [0.717, 1.165) is 43.2 Å². The average molecular weight is 560 g/mol. The smallest absolute Gasteiger partial charge is 0.245 e. The fourth-order valence-electron chi connectivity index (χ4n) is 7.06. The molecule has 1 aromatic carbocycles. The van der Waals surface area contributed by atoms with E-state index in [9.17, 15) is 22.8 Å². The molecule has 0 aromatic heterocycles. The van der Waals surface area contributed by atoms with E-state index in [1.54, 1.807) is 23.8 Å². The summed E-state index contributed by atoms with van der Waals surface area (Å²) >= 11 is 0. The third-order valence-corrected chi connectivity index (χ3v) is 10.5. The highest BCUT2D eigenvalue weighted by atomic mass is 32.2. The second-order valence-electron chi connectivity index (χ2n) is 11.7. The van der Waals surface area contributed by atoms with Crippen LogP contribution in [0, 0.1) is 11.8 Å². The van der Waals surface area contributed by atoms with Crippen LogP contribution >= 0.6 is 0 Å². The van der Waals surface area contributed by atoms with E-state index in [-0.39, 0.29) is 30.2 Å². The Morgan fingerprint density at radius 1 is 1.00 bits per heavy atom. The van der Waals surface area contributed by atoms with Crippen LogP contribution < -0.4 is 10.6 Å². The van der Waals surface area contributed by atoms with E-state index in [0.29, 0.717) is 26.1 Å². The number of sulfonamides is 1. The summed E-state index contributed by atoms with van der Waals surface area (Å²) in [7, 11) is -1.87. The largest absolute Gasteiger partial charge is 0.343 e. The van der Waals surface area contributed by atoms with E-state index < -0.39 is 40.1 Å². The number of nitrogens with one attached hydrogen (secondary N) is 2. The van der Waals surface area contributed by atoms with E-state index in [2.05, 4.69) is 10.6 Å². The Labute approximate surface area is 231 Å². The lowest BCUT2D eigenvalue weighted by Gasteiger charge is -2.37. The zero-order valence-corrected chi connectivity index (χ0v) is 24.0. The van der Waals surface area contributed by atoms with Gasteiger partial charge in [-0.1, -0.05) is 43.5 Å². The molecule has 11 heteroatoms. The Morgan fingerprint density at radius 3 is 2.23 bits per heavy atom. The number of carbonyl (C=O) groups is 3. The molecular weight excluding hydrogens is 518 g/mol. The van der Waals surface area contributed by atoms with Gasteiger partial charge >= 0.3 is 0 Å². The number of fused-ring (bicyclic) bond motifs is 2. The topological polar surface area (TPSA) is 119 Å². The summed E-state index contributed by atoms with van der Waals surface area (Å²) in [4.78, 5) is 44.7. The molecule has 3 heterocycles. The molecular formula is C28H41N5O5S. The van der Waals surface area contributed by atoms with Crippen LogP contribution in [-0.4, -0.2) is 90.8 Å². The molecule has 1 saturated carbocycles. The summed E-state index contributed by atoms with van der Waals surface area (Å²) < 4.78 is 27.0. The first-order valence-corrected chi connectivity index (χ1v) is 16.1. The highest BCUT2D eigenvalue weighted by Crippen LogP contribution is 2.40. The van der Waals surface area contributed by atoms with Crippen molar-refractivity contribution in [3.63, 3.8) is 0 Å². The number of nitrogens with zero attached hydrogens (tertiary/aromatic N) is 3. The van der Waals surface area contributed by atoms with Crippen molar-refractivity contribution in [2.45, 2.75) is 82.7 Å². The van der Waals surface area contributed by atoms with Gasteiger partial charge in [-0.2, -0.15) is 4.31 Å². The number of amides is 3. The van der Waals surface area contributed by atoms with Crippen molar-refractivity contribution in [3.05, 3.63) is 35.4 Å². The Hall–Kier alpha value is -2.50. The molecule has 2 saturated heterocycles. The zero-order chi connectivity index (χ0) is 27.9. The maximum Gasteiger partial charge on any atom is 0.245 e. The highest BCUT2D eigenvalue weighted by molar-refractivity contribution is 7.88. The van der Waals surface area contributed by atoms with Gasteiger partial charge in [-0.05, 0) is 50.3 Å². The van der Waals surface area contributed by atoms with Crippen LogP contribution in [0.25, 0.3) is 0 Å². The van der Waals surface area contributed by atoms with Crippen LogP contribution in [0.2, 0.25) is 0 Å². The second kappa shape index (κ2) is 11.2. The number of likely N-dealkylation sites (N-methyl/N-ethyl adjacent to an activating group) is 1. The maximum atomic E-state index is 14.3. The number of benzene rings is 1. The molecule has 3 aliphatic heterocycles. The maximum absolute atomic E-state index is 14.3. The normalized spacial score (nSPS) is 27.2. The first-order chi connectivity index (χ1) is 18.6. The summed E-state index contributed by atoms with van der Waals surface area (Å²) in [5.41, 5.74) is 2.19. The molecule has 3 amide bonds. The summed E-state index contributed by atoms with van der Waals surface area (Å²) in [6.07, 6.45) is 6.51. The first-order valence-electron chi connectivity index (χ1n) is 14.2. The predicted molar refractivity (Wildman–Crippen MR) is 147 cm³/mol. The van der Waals surface area contributed by atoms with Crippen molar-refractivity contribution < 1.29 is 22.8 Å². The van der Waals surface area contributed by atoms with Gasteiger partial charge in [-0.15, -0.1) is 0 Å². The van der Waals surface area contributed by atoms with Crippen molar-refractivity contribution in [2.24, 2.45) is 11.8 Å². The highest BCUT2D eigenvalue weighted by Gasteiger charge is 2.57. The molecule has 2 N–H and O–H groups in total.